The Morgan fingerprint density at radius 1 is 1.32 bits per heavy atom. The van der Waals surface area contributed by atoms with E-state index in [1.807, 2.05) is 12.1 Å². The van der Waals surface area contributed by atoms with Crippen LogP contribution in [0.15, 0.2) is 24.3 Å². The van der Waals surface area contributed by atoms with Gasteiger partial charge in [-0.15, -0.1) is 0 Å². The van der Waals surface area contributed by atoms with Crippen LogP contribution in [0.5, 0.6) is 0 Å². The van der Waals surface area contributed by atoms with Crippen molar-refractivity contribution >= 4 is 21.6 Å². The molecule has 106 valence electrons. The molecule has 0 amide bonds. The third kappa shape index (κ3) is 3.28. The van der Waals surface area contributed by atoms with E-state index in [0.717, 1.165) is 5.56 Å². The minimum Gasteiger partial charge on any atom is -0.371 e. The fourth-order valence-corrected chi connectivity index (χ4v) is 3.43. The number of morpholine rings is 1. The van der Waals surface area contributed by atoms with E-state index in [-0.39, 0.29) is 6.10 Å². The first kappa shape index (κ1) is 14.8. The van der Waals surface area contributed by atoms with Crippen molar-refractivity contribution in [3.63, 3.8) is 0 Å². The fourth-order valence-electron chi connectivity index (χ4n) is 2.03. The van der Waals surface area contributed by atoms with Crippen LogP contribution < -0.4 is 0 Å². The molecule has 0 aromatic heterocycles. The first-order valence-corrected chi connectivity index (χ1v) is 8.15. The summed E-state index contributed by atoms with van der Waals surface area (Å²) in [6.07, 6.45) is -0.223. The van der Waals surface area contributed by atoms with E-state index in [1.54, 1.807) is 26.0 Å². The van der Waals surface area contributed by atoms with Crippen molar-refractivity contribution < 1.29 is 13.2 Å². The number of halogens is 1. The summed E-state index contributed by atoms with van der Waals surface area (Å²) in [5, 5.41) is 0.252. The first-order valence-electron chi connectivity index (χ1n) is 6.27. The standard InChI is InChI=1S/C13H18ClNO3S/c1-10(2)19(16,17)15-7-8-18-13(9-15)11-3-5-12(14)6-4-11/h3-6,10,13H,7-9H2,1-2H3. The van der Waals surface area contributed by atoms with Gasteiger partial charge in [0.25, 0.3) is 0 Å². The van der Waals surface area contributed by atoms with Crippen molar-refractivity contribution in [1.82, 2.24) is 4.31 Å². The lowest BCUT2D eigenvalue weighted by atomic mass is 10.1. The summed E-state index contributed by atoms with van der Waals surface area (Å²) in [5.41, 5.74) is 0.952. The zero-order valence-corrected chi connectivity index (χ0v) is 12.6. The highest BCUT2D eigenvalue weighted by Crippen LogP contribution is 2.26. The molecule has 0 bridgehead atoms. The maximum Gasteiger partial charge on any atom is 0.216 e. The number of rotatable bonds is 3. The second-order valence-electron chi connectivity index (χ2n) is 4.86. The van der Waals surface area contributed by atoms with Crippen LogP contribution in [0.2, 0.25) is 5.02 Å². The number of sulfonamides is 1. The summed E-state index contributed by atoms with van der Waals surface area (Å²) in [4.78, 5) is 0. The van der Waals surface area contributed by atoms with Gasteiger partial charge in [-0.2, -0.15) is 4.31 Å². The second kappa shape index (κ2) is 5.79. The summed E-state index contributed by atoms with van der Waals surface area (Å²) in [5.74, 6) is 0. The number of nitrogens with zero attached hydrogens (tertiary/aromatic N) is 1. The quantitative estimate of drug-likeness (QED) is 0.861. The molecule has 19 heavy (non-hydrogen) atoms. The molecule has 0 spiro atoms. The van der Waals surface area contributed by atoms with Gasteiger partial charge >= 0.3 is 0 Å². The molecule has 4 nitrogen and oxygen atoms in total. The lowest BCUT2D eigenvalue weighted by Gasteiger charge is -2.33. The molecule has 1 aromatic carbocycles. The number of hydrogen-bond acceptors (Lipinski definition) is 3. The molecule has 1 aliphatic rings. The number of hydrogen-bond donors (Lipinski definition) is 0. The van der Waals surface area contributed by atoms with Gasteiger partial charge in [0, 0.05) is 18.1 Å². The van der Waals surface area contributed by atoms with Gasteiger partial charge in [0.15, 0.2) is 0 Å². The molecular weight excluding hydrogens is 286 g/mol. The molecule has 1 aromatic rings. The fraction of sp³-hybridized carbons (Fsp3) is 0.538. The van der Waals surface area contributed by atoms with Crippen LogP contribution >= 0.6 is 11.6 Å². The predicted octanol–water partition coefficient (Wildman–Crippen LogP) is 2.45. The SMILES string of the molecule is CC(C)S(=O)(=O)N1CCOC(c2ccc(Cl)cc2)C1. The van der Waals surface area contributed by atoms with Crippen LogP contribution in [0.1, 0.15) is 25.5 Å². The Labute approximate surface area is 119 Å². The minimum atomic E-state index is -3.22. The van der Waals surface area contributed by atoms with Crippen LogP contribution in [0.25, 0.3) is 0 Å². The third-order valence-electron chi connectivity index (χ3n) is 3.23. The van der Waals surface area contributed by atoms with Crippen LogP contribution in [0, 0.1) is 0 Å². The maximum atomic E-state index is 12.2. The van der Waals surface area contributed by atoms with E-state index < -0.39 is 15.3 Å². The van der Waals surface area contributed by atoms with E-state index >= 15 is 0 Å². The third-order valence-corrected chi connectivity index (χ3v) is 5.72. The van der Waals surface area contributed by atoms with E-state index in [1.165, 1.54) is 4.31 Å². The minimum absolute atomic E-state index is 0.223. The van der Waals surface area contributed by atoms with Gasteiger partial charge in [0.05, 0.1) is 18.0 Å². The van der Waals surface area contributed by atoms with E-state index in [4.69, 9.17) is 16.3 Å². The van der Waals surface area contributed by atoms with Crippen LogP contribution in [-0.4, -0.2) is 37.7 Å². The van der Waals surface area contributed by atoms with Gasteiger partial charge in [0.2, 0.25) is 10.0 Å². The molecule has 2 rings (SSSR count). The van der Waals surface area contributed by atoms with Crippen molar-refractivity contribution in [3.05, 3.63) is 34.9 Å². The van der Waals surface area contributed by atoms with Gasteiger partial charge in [-0.3, -0.25) is 0 Å². The monoisotopic (exact) mass is 303 g/mol. The van der Waals surface area contributed by atoms with Crippen molar-refractivity contribution in [1.29, 1.82) is 0 Å². The zero-order chi connectivity index (χ0) is 14.0. The Bertz CT molecular complexity index is 527. The summed E-state index contributed by atoms with van der Waals surface area (Å²) < 4.78 is 31.5. The smallest absolute Gasteiger partial charge is 0.216 e. The van der Waals surface area contributed by atoms with E-state index in [0.29, 0.717) is 24.7 Å². The first-order chi connectivity index (χ1) is 8.91. The Morgan fingerprint density at radius 3 is 2.53 bits per heavy atom. The summed E-state index contributed by atoms with van der Waals surface area (Å²) in [7, 11) is -3.22. The average molecular weight is 304 g/mol. The molecule has 0 saturated carbocycles. The van der Waals surface area contributed by atoms with Crippen molar-refractivity contribution in [2.45, 2.75) is 25.2 Å². The lowest BCUT2D eigenvalue weighted by Crippen LogP contribution is -2.45. The lowest BCUT2D eigenvalue weighted by molar-refractivity contribution is -0.00274. The molecule has 1 unspecified atom stereocenters. The van der Waals surface area contributed by atoms with Crippen molar-refractivity contribution in [2.24, 2.45) is 0 Å². The number of ether oxygens (including phenoxy) is 1. The van der Waals surface area contributed by atoms with Gasteiger partial charge in [0.1, 0.15) is 0 Å². The molecule has 0 aliphatic carbocycles. The number of benzene rings is 1. The van der Waals surface area contributed by atoms with Gasteiger partial charge in [-0.25, -0.2) is 8.42 Å². The average Bonchev–Trinajstić information content (AvgIpc) is 2.39. The van der Waals surface area contributed by atoms with Crippen molar-refractivity contribution in [2.75, 3.05) is 19.7 Å². The van der Waals surface area contributed by atoms with Crippen LogP contribution in [-0.2, 0) is 14.8 Å². The Hall–Kier alpha value is -0.620. The Morgan fingerprint density at radius 2 is 1.95 bits per heavy atom. The van der Waals surface area contributed by atoms with E-state index in [2.05, 4.69) is 0 Å². The summed E-state index contributed by atoms with van der Waals surface area (Å²) in [6, 6.07) is 7.32. The molecule has 1 atom stereocenters. The Kier molecular flexibility index (Phi) is 4.50. The molecule has 0 N–H and O–H groups in total. The van der Waals surface area contributed by atoms with Gasteiger partial charge in [-0.05, 0) is 31.5 Å². The van der Waals surface area contributed by atoms with Crippen molar-refractivity contribution in [3.8, 4) is 0 Å². The summed E-state index contributed by atoms with van der Waals surface area (Å²) in [6.45, 7) is 4.59. The van der Waals surface area contributed by atoms with Crippen LogP contribution in [0.3, 0.4) is 0 Å². The van der Waals surface area contributed by atoms with E-state index in [9.17, 15) is 8.42 Å². The predicted molar refractivity (Wildman–Crippen MR) is 75.8 cm³/mol. The molecule has 1 aliphatic heterocycles. The summed E-state index contributed by atoms with van der Waals surface area (Å²) >= 11 is 5.85. The largest absolute Gasteiger partial charge is 0.371 e. The highest BCUT2D eigenvalue weighted by Gasteiger charge is 2.32. The van der Waals surface area contributed by atoms with Gasteiger partial charge < -0.3 is 4.74 Å². The molecule has 1 heterocycles. The maximum absolute atomic E-state index is 12.2. The van der Waals surface area contributed by atoms with Gasteiger partial charge in [-0.1, -0.05) is 23.7 Å². The Balaban J connectivity index is 2.16. The highest BCUT2D eigenvalue weighted by atomic mass is 35.5. The highest BCUT2D eigenvalue weighted by molar-refractivity contribution is 7.89. The molecule has 0 radical (unpaired) electrons. The van der Waals surface area contributed by atoms with Crippen LogP contribution in [0.4, 0.5) is 0 Å². The normalized spacial score (nSPS) is 21.8. The zero-order valence-electron chi connectivity index (χ0n) is 11.0. The molecule has 1 saturated heterocycles. The molecule has 6 heteroatoms. The molecule has 1 fully saturated rings. The second-order valence-corrected chi connectivity index (χ2v) is 7.79. The molecular formula is C13H18ClNO3S. The topological polar surface area (TPSA) is 46.6 Å².